The zero-order valence-electron chi connectivity index (χ0n) is 16.2. The van der Waals surface area contributed by atoms with Gasteiger partial charge in [-0.25, -0.2) is 28.1 Å². The Bertz CT molecular complexity index is 1100. The molecular weight excluding hydrogens is 406 g/mol. The molecule has 0 saturated carbocycles. The molecule has 10 nitrogen and oxygen atoms in total. The molecule has 0 aliphatic carbocycles. The van der Waals surface area contributed by atoms with Crippen LogP contribution in [0.1, 0.15) is 6.42 Å². The highest BCUT2D eigenvalue weighted by atomic mass is 32.2. The SMILES string of the molecule is O=C(CCS(=O)(=O)c1ccccc1)N1CCN(c2cc(-n3cncn3)ncn2)CC1. The third-order valence-electron chi connectivity index (χ3n) is 4.94. The molecule has 30 heavy (non-hydrogen) atoms. The van der Waals surface area contributed by atoms with Crippen LogP contribution in [-0.4, -0.2) is 75.9 Å². The number of carbonyl (C=O) groups is 1. The van der Waals surface area contributed by atoms with Crippen molar-refractivity contribution in [2.45, 2.75) is 11.3 Å². The first-order valence-corrected chi connectivity index (χ1v) is 11.2. The van der Waals surface area contributed by atoms with Crippen LogP contribution >= 0.6 is 0 Å². The molecule has 1 fully saturated rings. The number of anilines is 1. The first-order valence-electron chi connectivity index (χ1n) is 9.50. The van der Waals surface area contributed by atoms with Gasteiger partial charge in [0.25, 0.3) is 0 Å². The van der Waals surface area contributed by atoms with Crippen molar-refractivity contribution in [2.75, 3.05) is 36.8 Å². The summed E-state index contributed by atoms with van der Waals surface area (Å²) in [4.78, 5) is 29.0. The van der Waals surface area contributed by atoms with Gasteiger partial charge in [0.15, 0.2) is 15.7 Å². The van der Waals surface area contributed by atoms with Gasteiger partial charge >= 0.3 is 0 Å². The van der Waals surface area contributed by atoms with E-state index in [2.05, 4.69) is 25.0 Å². The topological polar surface area (TPSA) is 114 Å². The van der Waals surface area contributed by atoms with Crippen molar-refractivity contribution < 1.29 is 13.2 Å². The van der Waals surface area contributed by atoms with E-state index in [1.807, 2.05) is 6.07 Å². The van der Waals surface area contributed by atoms with Gasteiger partial charge in [0.05, 0.1) is 10.6 Å². The molecule has 0 unspecified atom stereocenters. The zero-order valence-corrected chi connectivity index (χ0v) is 17.0. The highest BCUT2D eigenvalue weighted by Crippen LogP contribution is 2.17. The number of nitrogens with zero attached hydrogens (tertiary/aromatic N) is 7. The number of hydrogen-bond acceptors (Lipinski definition) is 8. The monoisotopic (exact) mass is 427 g/mol. The molecule has 0 radical (unpaired) electrons. The van der Waals surface area contributed by atoms with Gasteiger partial charge in [0.2, 0.25) is 5.91 Å². The first kappa shape index (κ1) is 20.0. The predicted molar refractivity (Wildman–Crippen MR) is 109 cm³/mol. The number of benzene rings is 1. The summed E-state index contributed by atoms with van der Waals surface area (Å²) in [6.07, 6.45) is 4.44. The largest absolute Gasteiger partial charge is 0.353 e. The number of amides is 1. The second kappa shape index (κ2) is 8.57. The van der Waals surface area contributed by atoms with Gasteiger partial charge < -0.3 is 9.80 Å². The minimum atomic E-state index is -3.46. The van der Waals surface area contributed by atoms with Crippen LogP contribution in [0.4, 0.5) is 5.82 Å². The summed E-state index contributed by atoms with van der Waals surface area (Å²) in [6, 6.07) is 10.0. The summed E-state index contributed by atoms with van der Waals surface area (Å²) in [5.74, 6) is 1.01. The highest BCUT2D eigenvalue weighted by Gasteiger charge is 2.24. The number of aromatic nitrogens is 5. The molecular formula is C19H21N7O3S. The Balaban J connectivity index is 1.32. The average Bonchev–Trinajstić information content (AvgIpc) is 3.33. The summed E-state index contributed by atoms with van der Waals surface area (Å²) in [5, 5.41) is 4.06. The molecule has 1 aliphatic rings. The fourth-order valence-corrected chi connectivity index (χ4v) is 4.52. The van der Waals surface area contributed by atoms with Gasteiger partial charge in [-0.1, -0.05) is 18.2 Å². The molecule has 0 spiro atoms. The minimum Gasteiger partial charge on any atom is -0.353 e. The van der Waals surface area contributed by atoms with Gasteiger partial charge in [-0.05, 0) is 12.1 Å². The molecule has 0 bridgehead atoms. The molecule has 156 valence electrons. The van der Waals surface area contributed by atoms with Crippen molar-refractivity contribution in [3.8, 4) is 5.82 Å². The Labute approximate surface area is 174 Å². The summed E-state index contributed by atoms with van der Waals surface area (Å²) in [5.41, 5.74) is 0. The van der Waals surface area contributed by atoms with E-state index in [0.29, 0.717) is 32.0 Å². The maximum Gasteiger partial charge on any atom is 0.223 e. The van der Waals surface area contributed by atoms with Crippen LogP contribution < -0.4 is 4.90 Å². The Kier molecular flexibility index (Phi) is 5.70. The molecule has 4 rings (SSSR count). The molecule has 3 aromatic rings. The van der Waals surface area contributed by atoms with Gasteiger partial charge in [0.1, 0.15) is 24.8 Å². The summed E-state index contributed by atoms with van der Waals surface area (Å²) >= 11 is 0. The van der Waals surface area contributed by atoms with Crippen LogP contribution in [0.25, 0.3) is 5.82 Å². The van der Waals surface area contributed by atoms with Crippen LogP contribution in [0.15, 0.2) is 60.3 Å². The van der Waals surface area contributed by atoms with Crippen LogP contribution in [0.2, 0.25) is 0 Å². The van der Waals surface area contributed by atoms with E-state index in [4.69, 9.17) is 0 Å². The van der Waals surface area contributed by atoms with Crippen molar-refractivity contribution in [1.29, 1.82) is 0 Å². The number of sulfone groups is 1. The fourth-order valence-electron chi connectivity index (χ4n) is 3.27. The molecule has 0 N–H and O–H groups in total. The molecule has 1 amide bonds. The first-order chi connectivity index (χ1) is 14.5. The molecule has 2 aromatic heterocycles. The Hall–Kier alpha value is -3.34. The lowest BCUT2D eigenvalue weighted by atomic mass is 10.3. The van der Waals surface area contributed by atoms with Crippen LogP contribution in [-0.2, 0) is 14.6 Å². The Morgan fingerprint density at radius 2 is 1.70 bits per heavy atom. The predicted octanol–water partition coefficient (Wildman–Crippen LogP) is 0.570. The van der Waals surface area contributed by atoms with E-state index in [-0.39, 0.29) is 23.0 Å². The summed E-state index contributed by atoms with van der Waals surface area (Å²) < 4.78 is 26.3. The average molecular weight is 427 g/mol. The maximum atomic E-state index is 12.5. The standard InChI is InChI=1S/C19H21N7O3S/c27-19(6-11-30(28,29)16-4-2-1-3-5-16)25-9-7-24(8-10-25)17-12-18(22-14-21-17)26-15-20-13-23-26/h1-5,12-15H,6-11H2. The molecule has 1 aliphatic heterocycles. The second-order valence-corrected chi connectivity index (χ2v) is 8.93. The number of rotatable bonds is 6. The number of piperazine rings is 1. The third-order valence-corrected chi connectivity index (χ3v) is 6.67. The highest BCUT2D eigenvalue weighted by molar-refractivity contribution is 7.91. The van der Waals surface area contributed by atoms with E-state index in [0.717, 1.165) is 5.82 Å². The van der Waals surface area contributed by atoms with E-state index >= 15 is 0 Å². The van der Waals surface area contributed by atoms with Crippen LogP contribution in [0.5, 0.6) is 0 Å². The van der Waals surface area contributed by atoms with Gasteiger partial charge in [0, 0.05) is 38.7 Å². The van der Waals surface area contributed by atoms with Gasteiger partial charge in [-0.3, -0.25) is 4.79 Å². The smallest absolute Gasteiger partial charge is 0.223 e. The molecule has 1 saturated heterocycles. The molecule has 0 atom stereocenters. The lowest BCUT2D eigenvalue weighted by Crippen LogP contribution is -2.49. The van der Waals surface area contributed by atoms with Gasteiger partial charge in [-0.2, -0.15) is 5.10 Å². The van der Waals surface area contributed by atoms with E-state index in [9.17, 15) is 13.2 Å². The van der Waals surface area contributed by atoms with E-state index < -0.39 is 9.84 Å². The summed E-state index contributed by atoms with van der Waals surface area (Å²) in [7, 11) is -3.46. The van der Waals surface area contributed by atoms with Crippen molar-refractivity contribution in [2.24, 2.45) is 0 Å². The maximum absolute atomic E-state index is 12.5. The second-order valence-electron chi connectivity index (χ2n) is 6.82. The van der Waals surface area contributed by atoms with Crippen molar-refractivity contribution in [3.63, 3.8) is 0 Å². The lowest BCUT2D eigenvalue weighted by molar-refractivity contribution is -0.131. The van der Waals surface area contributed by atoms with E-state index in [1.165, 1.54) is 12.7 Å². The number of carbonyl (C=O) groups excluding carboxylic acids is 1. The van der Waals surface area contributed by atoms with Crippen molar-refractivity contribution in [1.82, 2.24) is 29.6 Å². The Morgan fingerprint density at radius 3 is 2.40 bits per heavy atom. The zero-order chi connectivity index (χ0) is 21.0. The Morgan fingerprint density at radius 1 is 0.967 bits per heavy atom. The van der Waals surface area contributed by atoms with Crippen LogP contribution in [0.3, 0.4) is 0 Å². The molecule has 3 heterocycles. The quantitative estimate of drug-likeness (QED) is 0.561. The van der Waals surface area contributed by atoms with Crippen molar-refractivity contribution >= 4 is 21.6 Å². The third kappa shape index (κ3) is 4.46. The molecule has 11 heteroatoms. The number of hydrogen-bond donors (Lipinski definition) is 0. The minimum absolute atomic E-state index is 0.0266. The van der Waals surface area contributed by atoms with Crippen molar-refractivity contribution in [3.05, 3.63) is 55.4 Å². The fraction of sp³-hybridized carbons (Fsp3) is 0.316. The van der Waals surface area contributed by atoms with Gasteiger partial charge in [-0.15, -0.1) is 0 Å². The molecule has 1 aromatic carbocycles. The van der Waals surface area contributed by atoms with E-state index in [1.54, 1.807) is 46.2 Å². The normalized spacial score (nSPS) is 14.7. The summed E-state index contributed by atoms with van der Waals surface area (Å²) in [6.45, 7) is 2.22. The van der Waals surface area contributed by atoms with Crippen LogP contribution in [0, 0.1) is 0 Å². The lowest BCUT2D eigenvalue weighted by Gasteiger charge is -2.35.